The topological polar surface area (TPSA) is 60.5 Å². The lowest BCUT2D eigenvalue weighted by molar-refractivity contribution is 0.111. The van der Waals surface area contributed by atoms with Gasteiger partial charge in [0.1, 0.15) is 11.5 Å². The summed E-state index contributed by atoms with van der Waals surface area (Å²) in [5.41, 5.74) is 1.25. The molecule has 5 heteroatoms. The molecule has 2 heterocycles. The largest absolute Gasteiger partial charge is 0.492 e. The van der Waals surface area contributed by atoms with E-state index < -0.39 is 0 Å². The van der Waals surface area contributed by atoms with Crippen molar-refractivity contribution in [2.75, 3.05) is 19.7 Å². The van der Waals surface area contributed by atoms with Gasteiger partial charge in [-0.15, -0.1) is 0 Å². The number of fused-ring (bicyclic) bond motifs is 1. The maximum Gasteiger partial charge on any atom is 0.153 e. The van der Waals surface area contributed by atoms with Gasteiger partial charge < -0.3 is 14.8 Å². The number of nitrogens with one attached hydrogen (secondary N) is 1. The van der Waals surface area contributed by atoms with E-state index in [-0.39, 0.29) is 6.10 Å². The molecule has 1 aliphatic rings. The van der Waals surface area contributed by atoms with Crippen molar-refractivity contribution in [2.24, 2.45) is 5.92 Å². The highest BCUT2D eigenvalue weighted by molar-refractivity contribution is 5.93. The smallest absolute Gasteiger partial charge is 0.153 e. The monoisotopic (exact) mass is 328 g/mol. The molecule has 24 heavy (non-hydrogen) atoms. The number of aromatic nitrogens is 1. The molecular formula is C19H24N2O3. The Morgan fingerprint density at radius 1 is 1.38 bits per heavy atom. The first-order valence-electron chi connectivity index (χ1n) is 8.55. The van der Waals surface area contributed by atoms with Crippen molar-refractivity contribution in [1.82, 2.24) is 10.3 Å². The van der Waals surface area contributed by atoms with E-state index in [0.29, 0.717) is 23.8 Å². The first-order valence-corrected chi connectivity index (χ1v) is 8.55. The number of carbonyl (C=O) groups excluding carboxylic acids is 1. The molecule has 3 rings (SSSR count). The maximum atomic E-state index is 11.3. The summed E-state index contributed by atoms with van der Waals surface area (Å²) in [5, 5.41) is 4.28. The molecule has 1 aromatic carbocycles. The minimum atomic E-state index is -0.00416. The van der Waals surface area contributed by atoms with Crippen LogP contribution >= 0.6 is 0 Å². The molecule has 5 nitrogen and oxygen atoms in total. The Balaban J connectivity index is 1.88. The van der Waals surface area contributed by atoms with E-state index in [4.69, 9.17) is 9.47 Å². The van der Waals surface area contributed by atoms with Gasteiger partial charge in [0.15, 0.2) is 6.29 Å². The molecule has 0 radical (unpaired) electrons. The number of nitrogens with zero attached hydrogens (tertiary/aromatic N) is 1. The quantitative estimate of drug-likeness (QED) is 0.825. The Hall–Kier alpha value is -2.14. The van der Waals surface area contributed by atoms with Crippen molar-refractivity contribution in [1.29, 1.82) is 0 Å². The number of aldehydes is 1. The third kappa shape index (κ3) is 3.85. The molecule has 1 unspecified atom stereocenters. The predicted molar refractivity (Wildman–Crippen MR) is 94.0 cm³/mol. The average molecular weight is 328 g/mol. The van der Waals surface area contributed by atoms with Crippen LogP contribution in [0.3, 0.4) is 0 Å². The normalized spacial score (nSPS) is 17.9. The standard InChI is InChI=1S/C19H24N2O3/c1-13(2)24-19-9-16-17(8-15(19)11-22)21-7-5-18(16)23-12-14-4-3-6-20-10-14/h5,7-9,11,13-14,20H,3-4,6,10,12H2,1-2H3. The van der Waals surface area contributed by atoms with Gasteiger partial charge in [0.2, 0.25) is 0 Å². The van der Waals surface area contributed by atoms with Crippen LogP contribution in [0.1, 0.15) is 37.0 Å². The summed E-state index contributed by atoms with van der Waals surface area (Å²) in [5.74, 6) is 1.89. The fourth-order valence-electron chi connectivity index (χ4n) is 3.01. The van der Waals surface area contributed by atoms with Crippen LogP contribution < -0.4 is 14.8 Å². The van der Waals surface area contributed by atoms with E-state index in [1.54, 1.807) is 12.3 Å². The molecule has 0 amide bonds. The maximum absolute atomic E-state index is 11.3. The van der Waals surface area contributed by atoms with Gasteiger partial charge in [-0.05, 0) is 51.4 Å². The second-order valence-electron chi connectivity index (χ2n) is 6.52. The molecule has 128 valence electrons. The Kier molecular flexibility index (Phi) is 5.30. The molecule has 0 aliphatic carbocycles. The molecule has 1 atom stereocenters. The van der Waals surface area contributed by atoms with Gasteiger partial charge in [-0.2, -0.15) is 0 Å². The third-order valence-corrected chi connectivity index (χ3v) is 4.20. The number of ether oxygens (including phenoxy) is 2. The van der Waals surface area contributed by atoms with E-state index in [1.807, 2.05) is 26.0 Å². The highest BCUT2D eigenvalue weighted by Gasteiger charge is 2.15. The molecule has 0 saturated carbocycles. The molecule has 1 saturated heterocycles. The van der Waals surface area contributed by atoms with Gasteiger partial charge >= 0.3 is 0 Å². The van der Waals surface area contributed by atoms with E-state index in [9.17, 15) is 4.79 Å². The summed E-state index contributed by atoms with van der Waals surface area (Å²) < 4.78 is 11.8. The third-order valence-electron chi connectivity index (χ3n) is 4.20. The first kappa shape index (κ1) is 16.7. The molecule has 0 bridgehead atoms. The lowest BCUT2D eigenvalue weighted by atomic mass is 10.0. The van der Waals surface area contributed by atoms with E-state index in [2.05, 4.69) is 10.3 Å². The van der Waals surface area contributed by atoms with E-state index in [1.165, 1.54) is 12.8 Å². The van der Waals surface area contributed by atoms with Crippen LogP contribution in [0.4, 0.5) is 0 Å². The summed E-state index contributed by atoms with van der Waals surface area (Å²) in [6.07, 6.45) is 4.90. The lowest BCUT2D eigenvalue weighted by Crippen LogP contribution is -2.33. The highest BCUT2D eigenvalue weighted by atomic mass is 16.5. The number of carbonyl (C=O) groups is 1. The average Bonchev–Trinajstić information content (AvgIpc) is 2.60. The van der Waals surface area contributed by atoms with Crippen LogP contribution in [0.15, 0.2) is 24.4 Å². The van der Waals surface area contributed by atoms with Crippen LogP contribution in [0, 0.1) is 5.92 Å². The van der Waals surface area contributed by atoms with Crippen molar-refractivity contribution in [2.45, 2.75) is 32.8 Å². The number of pyridine rings is 1. The molecular weight excluding hydrogens is 304 g/mol. The van der Waals surface area contributed by atoms with Gasteiger partial charge in [0.25, 0.3) is 0 Å². The van der Waals surface area contributed by atoms with Crippen molar-refractivity contribution in [3.63, 3.8) is 0 Å². The van der Waals surface area contributed by atoms with E-state index in [0.717, 1.165) is 36.0 Å². The zero-order chi connectivity index (χ0) is 16.9. The highest BCUT2D eigenvalue weighted by Crippen LogP contribution is 2.31. The second kappa shape index (κ2) is 7.62. The van der Waals surface area contributed by atoms with Gasteiger partial charge in [0, 0.05) is 24.0 Å². The van der Waals surface area contributed by atoms with E-state index >= 15 is 0 Å². The zero-order valence-electron chi connectivity index (χ0n) is 14.2. The number of benzene rings is 1. The molecule has 2 aromatic rings. The van der Waals surface area contributed by atoms with Gasteiger partial charge in [-0.3, -0.25) is 9.78 Å². The number of hydrogen-bond donors (Lipinski definition) is 1. The molecule has 1 aliphatic heterocycles. The molecule has 1 N–H and O–H groups in total. The fraction of sp³-hybridized carbons (Fsp3) is 0.474. The molecule has 1 aromatic heterocycles. The van der Waals surface area contributed by atoms with Crippen LogP contribution in [0.25, 0.3) is 10.9 Å². The minimum Gasteiger partial charge on any atom is -0.492 e. The van der Waals surface area contributed by atoms with Crippen LogP contribution in [0.5, 0.6) is 11.5 Å². The fourth-order valence-corrected chi connectivity index (χ4v) is 3.01. The zero-order valence-corrected chi connectivity index (χ0v) is 14.2. The van der Waals surface area contributed by atoms with Crippen LogP contribution in [0.2, 0.25) is 0 Å². The van der Waals surface area contributed by atoms with Crippen molar-refractivity contribution in [3.8, 4) is 11.5 Å². The van der Waals surface area contributed by atoms with Crippen LogP contribution in [-0.2, 0) is 0 Å². The van der Waals surface area contributed by atoms with Gasteiger partial charge in [-0.25, -0.2) is 0 Å². The summed E-state index contributed by atoms with van der Waals surface area (Å²) in [7, 11) is 0. The minimum absolute atomic E-state index is 0.00416. The predicted octanol–water partition coefficient (Wildman–Crippen LogP) is 3.21. The number of rotatable bonds is 6. The molecule has 1 fully saturated rings. The van der Waals surface area contributed by atoms with Crippen molar-refractivity contribution >= 4 is 17.2 Å². The Morgan fingerprint density at radius 3 is 2.96 bits per heavy atom. The van der Waals surface area contributed by atoms with Crippen molar-refractivity contribution in [3.05, 3.63) is 30.0 Å². The first-order chi connectivity index (χ1) is 11.7. The lowest BCUT2D eigenvalue weighted by Gasteiger charge is -2.23. The Bertz CT molecular complexity index is 709. The Labute approximate surface area is 142 Å². The summed E-state index contributed by atoms with van der Waals surface area (Å²) in [4.78, 5) is 15.7. The second-order valence-corrected chi connectivity index (χ2v) is 6.52. The van der Waals surface area contributed by atoms with Gasteiger partial charge in [-0.1, -0.05) is 0 Å². The summed E-state index contributed by atoms with van der Waals surface area (Å²) in [6, 6.07) is 5.49. The summed E-state index contributed by atoms with van der Waals surface area (Å²) in [6.45, 7) is 6.66. The van der Waals surface area contributed by atoms with Crippen LogP contribution in [-0.4, -0.2) is 37.1 Å². The summed E-state index contributed by atoms with van der Waals surface area (Å²) >= 11 is 0. The Morgan fingerprint density at radius 2 is 2.25 bits per heavy atom. The van der Waals surface area contributed by atoms with Crippen molar-refractivity contribution < 1.29 is 14.3 Å². The number of hydrogen-bond acceptors (Lipinski definition) is 5. The van der Waals surface area contributed by atoms with Gasteiger partial charge in [0.05, 0.1) is 23.8 Å². The SMILES string of the molecule is CC(C)Oc1cc2c(OCC3CCCNC3)ccnc2cc1C=O. The molecule has 0 spiro atoms. The number of piperidine rings is 1.